The lowest BCUT2D eigenvalue weighted by molar-refractivity contribution is -0.138. The molecule has 1 heterocycles. The highest BCUT2D eigenvalue weighted by molar-refractivity contribution is 6.00. The molecule has 3 heteroatoms. The van der Waals surface area contributed by atoms with Gasteiger partial charge >= 0.3 is 0 Å². The predicted molar refractivity (Wildman–Crippen MR) is 68.7 cm³/mol. The smallest absolute Gasteiger partial charge is 0.230 e. The van der Waals surface area contributed by atoms with Crippen LogP contribution in [-0.4, -0.2) is 28.7 Å². The molecule has 1 atom stereocenters. The average molecular weight is 239 g/mol. The van der Waals surface area contributed by atoms with Gasteiger partial charge in [0.25, 0.3) is 0 Å². The molecular weight excluding hydrogens is 214 g/mol. The van der Waals surface area contributed by atoms with E-state index in [2.05, 4.69) is 20.8 Å². The summed E-state index contributed by atoms with van der Waals surface area (Å²) in [5, 5.41) is 0. The van der Waals surface area contributed by atoms with E-state index >= 15 is 0 Å². The van der Waals surface area contributed by atoms with E-state index in [-0.39, 0.29) is 35.0 Å². The van der Waals surface area contributed by atoms with Crippen molar-refractivity contribution in [3.63, 3.8) is 0 Å². The summed E-state index contributed by atoms with van der Waals surface area (Å²) in [6.45, 7) is 13.0. The van der Waals surface area contributed by atoms with E-state index in [0.29, 0.717) is 6.54 Å². The highest BCUT2D eigenvalue weighted by Crippen LogP contribution is 2.33. The van der Waals surface area contributed by atoms with Gasteiger partial charge in [-0.25, -0.2) is 0 Å². The number of carbonyl (C=O) groups is 2. The molecule has 1 fully saturated rings. The Morgan fingerprint density at radius 1 is 1.06 bits per heavy atom. The molecule has 98 valence electrons. The number of Topliss-reactive ketones (excluding diaryl/α,β-unsaturated/α-hetero) is 1. The first-order valence-electron chi connectivity index (χ1n) is 6.36. The third-order valence-electron chi connectivity index (χ3n) is 3.51. The monoisotopic (exact) mass is 239 g/mol. The van der Waals surface area contributed by atoms with Crippen LogP contribution in [0.5, 0.6) is 0 Å². The van der Waals surface area contributed by atoms with Gasteiger partial charge in [0.1, 0.15) is 5.78 Å². The molecular formula is C14H25NO2. The third-order valence-corrected chi connectivity index (χ3v) is 3.51. The molecule has 3 nitrogen and oxygen atoms in total. The predicted octanol–water partition coefficient (Wildman–Crippen LogP) is 2.64. The Bertz CT molecular complexity index is 288. The highest BCUT2D eigenvalue weighted by atomic mass is 16.2. The average Bonchev–Trinajstić information content (AvgIpc) is 2.20. The minimum absolute atomic E-state index is 0.00111. The molecule has 0 N–H and O–H groups in total. The number of ketones is 1. The Balaban J connectivity index is 2.92. The van der Waals surface area contributed by atoms with E-state index in [0.717, 1.165) is 6.42 Å². The van der Waals surface area contributed by atoms with E-state index in [1.807, 2.05) is 25.7 Å². The van der Waals surface area contributed by atoms with Crippen molar-refractivity contribution in [3.8, 4) is 0 Å². The summed E-state index contributed by atoms with van der Waals surface area (Å²) in [5.74, 6) is 0.0855. The van der Waals surface area contributed by atoms with Gasteiger partial charge < -0.3 is 4.90 Å². The van der Waals surface area contributed by atoms with Crippen LogP contribution in [0.1, 0.15) is 54.4 Å². The maximum Gasteiger partial charge on any atom is 0.230 e. The summed E-state index contributed by atoms with van der Waals surface area (Å²) in [4.78, 5) is 26.0. The fraction of sp³-hybridized carbons (Fsp3) is 0.857. The first-order chi connectivity index (χ1) is 7.53. The number of carbonyl (C=O) groups excluding carboxylic acids is 2. The number of hydrogen-bond donors (Lipinski definition) is 0. The molecule has 0 bridgehead atoms. The van der Waals surface area contributed by atoms with Crippen molar-refractivity contribution in [3.05, 3.63) is 0 Å². The lowest BCUT2D eigenvalue weighted by Gasteiger charge is -2.35. The molecule has 0 aromatic heterocycles. The van der Waals surface area contributed by atoms with Crippen molar-refractivity contribution < 1.29 is 9.59 Å². The van der Waals surface area contributed by atoms with Gasteiger partial charge in [-0.1, -0.05) is 20.8 Å². The van der Waals surface area contributed by atoms with Crippen LogP contribution in [0.25, 0.3) is 0 Å². The molecule has 1 amide bonds. The maximum absolute atomic E-state index is 12.1. The summed E-state index contributed by atoms with van der Waals surface area (Å²) in [5.41, 5.74) is -0.241. The summed E-state index contributed by atoms with van der Waals surface area (Å²) in [6, 6.07) is 0. The van der Waals surface area contributed by atoms with Gasteiger partial charge in [-0.15, -0.1) is 0 Å². The van der Waals surface area contributed by atoms with Gasteiger partial charge in [0.05, 0.1) is 6.42 Å². The number of nitrogens with zero attached hydrogens (tertiary/aromatic N) is 1. The zero-order valence-corrected chi connectivity index (χ0v) is 12.0. The summed E-state index contributed by atoms with van der Waals surface area (Å²) in [7, 11) is 0. The first-order valence-corrected chi connectivity index (χ1v) is 6.36. The van der Waals surface area contributed by atoms with Gasteiger partial charge in [0.15, 0.2) is 0 Å². The van der Waals surface area contributed by atoms with Gasteiger partial charge in [0, 0.05) is 18.0 Å². The van der Waals surface area contributed by atoms with Crippen molar-refractivity contribution in [2.24, 2.45) is 11.3 Å². The number of hydrogen-bond acceptors (Lipinski definition) is 2. The summed E-state index contributed by atoms with van der Waals surface area (Å²) in [6.07, 6.45) is 0.852. The van der Waals surface area contributed by atoms with Crippen LogP contribution in [0.4, 0.5) is 0 Å². The molecule has 1 unspecified atom stereocenters. The number of likely N-dealkylation sites (tertiary alicyclic amines) is 1. The molecule has 1 rings (SSSR count). The second-order valence-electron chi connectivity index (χ2n) is 7.07. The maximum atomic E-state index is 12.1. The number of amides is 1. The van der Waals surface area contributed by atoms with Crippen molar-refractivity contribution >= 4 is 11.7 Å². The molecule has 17 heavy (non-hydrogen) atoms. The Labute approximate surface area is 105 Å². The molecule has 1 saturated heterocycles. The van der Waals surface area contributed by atoms with Crippen molar-refractivity contribution in [2.45, 2.75) is 59.9 Å². The molecule has 0 aliphatic carbocycles. The van der Waals surface area contributed by atoms with Crippen molar-refractivity contribution in [1.82, 2.24) is 4.90 Å². The van der Waals surface area contributed by atoms with Crippen LogP contribution in [-0.2, 0) is 9.59 Å². The minimum Gasteiger partial charge on any atom is -0.337 e. The Kier molecular flexibility index (Phi) is 3.70. The van der Waals surface area contributed by atoms with E-state index in [1.54, 1.807) is 0 Å². The summed E-state index contributed by atoms with van der Waals surface area (Å²) >= 11 is 0. The van der Waals surface area contributed by atoms with Crippen LogP contribution in [0.3, 0.4) is 0 Å². The van der Waals surface area contributed by atoms with E-state index in [4.69, 9.17) is 0 Å². The molecule has 1 aliphatic heterocycles. The third kappa shape index (κ3) is 3.30. The second kappa shape index (κ2) is 4.43. The van der Waals surface area contributed by atoms with E-state index in [1.165, 1.54) is 0 Å². The van der Waals surface area contributed by atoms with Gasteiger partial charge in [-0.3, -0.25) is 9.59 Å². The molecule has 0 aromatic carbocycles. The summed E-state index contributed by atoms with van der Waals surface area (Å²) < 4.78 is 0. The lowest BCUT2D eigenvalue weighted by atomic mass is 9.76. The van der Waals surface area contributed by atoms with Crippen LogP contribution < -0.4 is 0 Å². The standard InChI is InChI=1S/C14H25NO2/c1-13(2,3)10-7-8-15(14(4,5)6)12(17)9-11(10)16/h10H,7-9H2,1-6H3. The Morgan fingerprint density at radius 3 is 2.00 bits per heavy atom. The topological polar surface area (TPSA) is 37.4 Å². The minimum atomic E-state index is -0.190. The van der Waals surface area contributed by atoms with E-state index < -0.39 is 0 Å². The fourth-order valence-electron chi connectivity index (χ4n) is 2.54. The lowest BCUT2D eigenvalue weighted by Crippen LogP contribution is -2.45. The van der Waals surface area contributed by atoms with Crippen molar-refractivity contribution in [2.75, 3.05) is 6.54 Å². The largest absolute Gasteiger partial charge is 0.337 e. The Hall–Kier alpha value is -0.860. The molecule has 1 aliphatic rings. The number of rotatable bonds is 0. The molecule has 0 spiro atoms. The van der Waals surface area contributed by atoms with Gasteiger partial charge in [0.2, 0.25) is 5.91 Å². The van der Waals surface area contributed by atoms with Crippen LogP contribution in [0.2, 0.25) is 0 Å². The van der Waals surface area contributed by atoms with Gasteiger partial charge in [-0.05, 0) is 32.6 Å². The molecule has 0 saturated carbocycles. The Morgan fingerprint density at radius 2 is 1.59 bits per heavy atom. The normalized spacial score (nSPS) is 23.9. The molecule has 0 radical (unpaired) electrons. The van der Waals surface area contributed by atoms with Crippen molar-refractivity contribution in [1.29, 1.82) is 0 Å². The highest BCUT2D eigenvalue weighted by Gasteiger charge is 2.38. The van der Waals surface area contributed by atoms with Crippen LogP contribution in [0, 0.1) is 11.3 Å². The SMILES string of the molecule is CC(C)(C)C1CCN(C(C)(C)C)C(=O)CC1=O. The van der Waals surface area contributed by atoms with Crippen LogP contribution in [0.15, 0.2) is 0 Å². The zero-order chi connectivity index (χ0) is 13.4. The fourth-order valence-corrected chi connectivity index (χ4v) is 2.54. The first kappa shape index (κ1) is 14.2. The second-order valence-corrected chi connectivity index (χ2v) is 7.07. The van der Waals surface area contributed by atoms with E-state index in [9.17, 15) is 9.59 Å². The molecule has 0 aromatic rings. The van der Waals surface area contributed by atoms with Crippen LogP contribution >= 0.6 is 0 Å². The quantitative estimate of drug-likeness (QED) is 0.609. The van der Waals surface area contributed by atoms with Gasteiger partial charge in [-0.2, -0.15) is 0 Å². The zero-order valence-electron chi connectivity index (χ0n) is 12.0.